The van der Waals surface area contributed by atoms with Crippen LogP contribution in [0.15, 0.2) is 64.2 Å². The van der Waals surface area contributed by atoms with E-state index in [4.69, 9.17) is 4.42 Å². The Morgan fingerprint density at radius 1 is 1.04 bits per heavy atom. The highest BCUT2D eigenvalue weighted by Crippen LogP contribution is 2.26. The summed E-state index contributed by atoms with van der Waals surface area (Å²) in [4.78, 5) is 19.3. The third kappa shape index (κ3) is 3.70. The molecule has 2 aromatic heterocycles. The molecule has 0 unspecified atom stereocenters. The smallest absolute Gasteiger partial charge is 0.260 e. The zero-order chi connectivity index (χ0) is 19.5. The predicted octanol–water partition coefficient (Wildman–Crippen LogP) is 5.38. The molecule has 0 saturated heterocycles. The van der Waals surface area contributed by atoms with Crippen LogP contribution in [0.3, 0.4) is 0 Å². The molecule has 7 nitrogen and oxygen atoms in total. The van der Waals surface area contributed by atoms with Crippen LogP contribution in [-0.4, -0.2) is 15.1 Å². The van der Waals surface area contributed by atoms with Gasteiger partial charge in [0.1, 0.15) is 23.1 Å². The molecular formula is C20H13FN4O3. The second-order valence-electron chi connectivity index (χ2n) is 5.86. The molecule has 0 saturated carbocycles. The zero-order valence-electron chi connectivity index (χ0n) is 14.3. The number of aromatic hydroxyl groups is 1. The molecule has 4 rings (SSSR count). The van der Waals surface area contributed by atoms with E-state index in [1.54, 1.807) is 36.4 Å². The SMILES string of the molecule is O=Nc1ccc(/C=C/c2nc(Nc3ccc(O)cc3)c3cc(F)ccc3n2)o1. The van der Waals surface area contributed by atoms with E-state index in [-0.39, 0.29) is 11.6 Å². The maximum atomic E-state index is 13.7. The van der Waals surface area contributed by atoms with Crippen LogP contribution in [0.5, 0.6) is 5.75 Å². The molecule has 0 spiro atoms. The van der Waals surface area contributed by atoms with E-state index < -0.39 is 5.82 Å². The third-order valence-corrected chi connectivity index (χ3v) is 3.90. The summed E-state index contributed by atoms with van der Waals surface area (Å²) in [7, 11) is 0. The number of hydrogen-bond donors (Lipinski definition) is 2. The van der Waals surface area contributed by atoms with Gasteiger partial charge >= 0.3 is 0 Å². The van der Waals surface area contributed by atoms with Crippen molar-refractivity contribution in [3.05, 3.63) is 76.9 Å². The van der Waals surface area contributed by atoms with Gasteiger partial charge < -0.3 is 14.8 Å². The molecule has 0 amide bonds. The van der Waals surface area contributed by atoms with Crippen molar-refractivity contribution in [3.8, 4) is 5.75 Å². The Hall–Kier alpha value is -4.07. The van der Waals surface area contributed by atoms with Crippen LogP contribution in [0, 0.1) is 10.7 Å². The molecule has 8 heteroatoms. The standard InChI is InChI=1S/C20H13FN4O3/c21-12-1-8-17-16(11-12)20(22-13-2-4-14(26)5-3-13)24-18(23-17)9-6-15-7-10-19(25-27)28-15/h1-11,26H,(H,22,23,24)/b9-6+. The lowest BCUT2D eigenvalue weighted by Crippen LogP contribution is -1.99. The Morgan fingerprint density at radius 3 is 2.61 bits per heavy atom. The van der Waals surface area contributed by atoms with Crippen molar-refractivity contribution in [1.29, 1.82) is 0 Å². The number of phenols is 1. The average Bonchev–Trinajstić information content (AvgIpc) is 3.17. The predicted molar refractivity (Wildman–Crippen MR) is 104 cm³/mol. The Kier molecular flexibility index (Phi) is 4.51. The second-order valence-corrected chi connectivity index (χ2v) is 5.86. The molecule has 0 bridgehead atoms. The molecule has 28 heavy (non-hydrogen) atoms. The van der Waals surface area contributed by atoms with E-state index in [0.717, 1.165) is 0 Å². The second kappa shape index (κ2) is 7.28. The van der Waals surface area contributed by atoms with Gasteiger partial charge in [0.25, 0.3) is 5.88 Å². The first kappa shape index (κ1) is 17.3. The van der Waals surface area contributed by atoms with Gasteiger partial charge in [0.15, 0.2) is 5.82 Å². The number of nitrogens with zero attached hydrogens (tertiary/aromatic N) is 3. The first-order valence-corrected chi connectivity index (χ1v) is 8.25. The van der Waals surface area contributed by atoms with Gasteiger partial charge in [0.2, 0.25) is 0 Å². The molecule has 2 aromatic carbocycles. The molecule has 0 radical (unpaired) electrons. The van der Waals surface area contributed by atoms with Gasteiger partial charge in [-0.3, -0.25) is 0 Å². The number of hydrogen-bond acceptors (Lipinski definition) is 7. The molecule has 2 N–H and O–H groups in total. The zero-order valence-corrected chi connectivity index (χ0v) is 14.3. The van der Waals surface area contributed by atoms with Gasteiger partial charge in [-0.25, -0.2) is 14.4 Å². The van der Waals surface area contributed by atoms with Crippen molar-refractivity contribution in [3.63, 3.8) is 0 Å². The molecule has 0 aliphatic carbocycles. The van der Waals surface area contributed by atoms with Gasteiger partial charge in [0.05, 0.1) is 5.52 Å². The van der Waals surface area contributed by atoms with Gasteiger partial charge in [0, 0.05) is 22.3 Å². The van der Waals surface area contributed by atoms with E-state index in [1.807, 2.05) is 0 Å². The number of halogens is 1. The van der Waals surface area contributed by atoms with E-state index in [0.29, 0.717) is 34.0 Å². The highest BCUT2D eigenvalue weighted by molar-refractivity contribution is 5.91. The normalized spacial score (nSPS) is 11.2. The van der Waals surface area contributed by atoms with Gasteiger partial charge in [-0.2, -0.15) is 0 Å². The van der Waals surface area contributed by atoms with Crippen molar-refractivity contribution in [2.75, 3.05) is 5.32 Å². The average molecular weight is 376 g/mol. The van der Waals surface area contributed by atoms with Gasteiger partial charge in [-0.15, -0.1) is 4.91 Å². The molecular weight excluding hydrogens is 363 g/mol. The van der Waals surface area contributed by atoms with Crippen LogP contribution < -0.4 is 5.32 Å². The monoisotopic (exact) mass is 376 g/mol. The largest absolute Gasteiger partial charge is 0.508 e. The third-order valence-electron chi connectivity index (χ3n) is 3.90. The van der Waals surface area contributed by atoms with Crippen molar-refractivity contribution >= 4 is 40.4 Å². The minimum atomic E-state index is -0.405. The minimum Gasteiger partial charge on any atom is -0.508 e. The van der Waals surface area contributed by atoms with E-state index in [1.165, 1.54) is 30.3 Å². The van der Waals surface area contributed by atoms with Crippen LogP contribution in [0.25, 0.3) is 23.1 Å². The molecule has 0 fully saturated rings. The summed E-state index contributed by atoms with van der Waals surface area (Å²) in [6, 6.07) is 13.7. The fraction of sp³-hybridized carbons (Fsp3) is 0. The quantitative estimate of drug-likeness (QED) is 0.358. The summed E-state index contributed by atoms with van der Waals surface area (Å²) in [5.41, 5.74) is 1.22. The van der Waals surface area contributed by atoms with Crippen LogP contribution in [0.1, 0.15) is 11.6 Å². The van der Waals surface area contributed by atoms with Gasteiger partial charge in [-0.05, 0) is 60.7 Å². The summed E-state index contributed by atoms with van der Waals surface area (Å²) >= 11 is 0. The summed E-state index contributed by atoms with van der Waals surface area (Å²) in [6.07, 6.45) is 3.21. The van der Waals surface area contributed by atoms with E-state index in [2.05, 4.69) is 20.5 Å². The number of benzene rings is 2. The van der Waals surface area contributed by atoms with Crippen LogP contribution in [0.2, 0.25) is 0 Å². The Balaban J connectivity index is 1.74. The summed E-state index contributed by atoms with van der Waals surface area (Å²) < 4.78 is 18.9. The highest BCUT2D eigenvalue weighted by Gasteiger charge is 2.09. The number of phenolic OH excluding ortho intramolecular Hbond substituents is 1. The summed E-state index contributed by atoms with van der Waals surface area (Å²) in [5, 5.41) is 15.8. The van der Waals surface area contributed by atoms with E-state index >= 15 is 0 Å². The van der Waals surface area contributed by atoms with Crippen molar-refractivity contribution in [1.82, 2.24) is 9.97 Å². The minimum absolute atomic E-state index is 0.0239. The maximum Gasteiger partial charge on any atom is 0.260 e. The topological polar surface area (TPSA) is 101 Å². The Bertz CT molecular complexity index is 1190. The fourth-order valence-corrected chi connectivity index (χ4v) is 2.61. The summed E-state index contributed by atoms with van der Waals surface area (Å²) in [5.74, 6) is 0.893. The highest BCUT2D eigenvalue weighted by atomic mass is 19.1. The Morgan fingerprint density at radius 2 is 1.86 bits per heavy atom. The number of anilines is 2. The lowest BCUT2D eigenvalue weighted by atomic mass is 10.2. The first-order chi connectivity index (χ1) is 13.6. The molecule has 0 atom stereocenters. The van der Waals surface area contributed by atoms with Crippen LogP contribution in [0.4, 0.5) is 21.8 Å². The van der Waals surface area contributed by atoms with Gasteiger partial charge in [-0.1, -0.05) is 0 Å². The molecule has 138 valence electrons. The fourth-order valence-electron chi connectivity index (χ4n) is 2.61. The lowest BCUT2D eigenvalue weighted by Gasteiger charge is -2.10. The van der Waals surface area contributed by atoms with Crippen LogP contribution >= 0.6 is 0 Å². The Labute approximate surface area is 158 Å². The number of nitrogens with one attached hydrogen (secondary N) is 1. The number of furan rings is 1. The number of aromatic nitrogens is 2. The maximum absolute atomic E-state index is 13.7. The molecule has 0 aliphatic heterocycles. The molecule has 0 aliphatic rings. The first-order valence-electron chi connectivity index (χ1n) is 8.25. The van der Waals surface area contributed by atoms with Crippen molar-refractivity contribution < 1.29 is 13.9 Å². The van der Waals surface area contributed by atoms with Crippen molar-refractivity contribution in [2.24, 2.45) is 5.18 Å². The lowest BCUT2D eigenvalue weighted by molar-refractivity contribution is 0.475. The number of rotatable bonds is 5. The number of nitroso groups, excluding NO2 is 1. The van der Waals surface area contributed by atoms with Crippen LogP contribution in [-0.2, 0) is 0 Å². The molecule has 4 aromatic rings. The van der Waals surface area contributed by atoms with Crippen molar-refractivity contribution in [2.45, 2.75) is 0 Å². The van der Waals surface area contributed by atoms with E-state index in [9.17, 15) is 14.4 Å². The molecule has 2 heterocycles. The number of fused-ring (bicyclic) bond motifs is 1. The summed E-state index contributed by atoms with van der Waals surface area (Å²) in [6.45, 7) is 0.